The van der Waals surface area contributed by atoms with Crippen LogP contribution >= 0.6 is 0 Å². The maximum Gasteiger partial charge on any atom is 0.168 e. The summed E-state index contributed by atoms with van der Waals surface area (Å²) in [5, 5.41) is 6.56. The van der Waals surface area contributed by atoms with E-state index in [9.17, 15) is 4.79 Å². The Bertz CT molecular complexity index is 266. The topological polar surface area (TPSA) is 80.7 Å². The molecule has 1 aromatic rings. The minimum absolute atomic E-state index is 0.362. The van der Waals surface area contributed by atoms with Gasteiger partial charge < -0.3 is 5.84 Å². The number of aldehydes is 1. The van der Waals surface area contributed by atoms with Gasteiger partial charge in [0, 0.05) is 0 Å². The van der Waals surface area contributed by atoms with Gasteiger partial charge in [-0.2, -0.15) is 0 Å². The molecule has 5 heteroatoms. The second kappa shape index (κ2) is 3.40. The van der Waals surface area contributed by atoms with Gasteiger partial charge in [0.2, 0.25) is 0 Å². The number of hydrogen-bond acceptors (Lipinski definition) is 4. The van der Waals surface area contributed by atoms with E-state index in [1.165, 1.54) is 12.3 Å². The lowest BCUT2D eigenvalue weighted by atomic mass is 10.3. The van der Waals surface area contributed by atoms with Crippen molar-refractivity contribution in [3.63, 3.8) is 0 Å². The van der Waals surface area contributed by atoms with Crippen molar-refractivity contribution in [3.8, 4) is 0 Å². The summed E-state index contributed by atoms with van der Waals surface area (Å²) < 4.78 is 0. The molecule has 56 valence electrons. The Morgan fingerprint density at radius 3 is 2.82 bits per heavy atom. The van der Waals surface area contributed by atoms with Crippen LogP contribution in [-0.4, -0.2) is 11.3 Å². The molecule has 0 amide bonds. The number of pyridine rings is 1. The molecule has 0 aliphatic carbocycles. The van der Waals surface area contributed by atoms with Crippen LogP contribution in [0.3, 0.4) is 0 Å². The quantitative estimate of drug-likeness (QED) is 0.293. The van der Waals surface area contributed by atoms with Gasteiger partial charge >= 0.3 is 0 Å². The fraction of sp³-hybridized carbons (Fsp3) is 0. The predicted octanol–water partition coefficient (Wildman–Crippen LogP) is 0.852. The Balaban J connectivity index is 2.91. The van der Waals surface area contributed by atoms with Gasteiger partial charge in [0.15, 0.2) is 6.29 Å². The molecule has 0 spiro atoms. The van der Waals surface area contributed by atoms with Crippen LogP contribution in [0.4, 0.5) is 5.69 Å². The van der Waals surface area contributed by atoms with E-state index < -0.39 is 0 Å². The summed E-state index contributed by atoms with van der Waals surface area (Å²) in [6.45, 7) is 0. The minimum Gasteiger partial charge on any atom is -0.305 e. The summed E-state index contributed by atoms with van der Waals surface area (Å²) in [5.41, 5.74) is 0.888. The SMILES string of the molecule is NN=Nc1ccc(C=O)nc1. The van der Waals surface area contributed by atoms with E-state index >= 15 is 0 Å². The lowest BCUT2D eigenvalue weighted by molar-refractivity contribution is 0.111. The Morgan fingerprint density at radius 2 is 2.36 bits per heavy atom. The molecule has 5 nitrogen and oxygen atoms in total. The predicted molar refractivity (Wildman–Crippen MR) is 38.3 cm³/mol. The smallest absolute Gasteiger partial charge is 0.168 e. The average molecular weight is 150 g/mol. The van der Waals surface area contributed by atoms with Crippen LogP contribution in [0, 0.1) is 0 Å². The van der Waals surface area contributed by atoms with Crippen LogP contribution in [0.2, 0.25) is 0 Å². The summed E-state index contributed by atoms with van der Waals surface area (Å²) in [4.78, 5) is 13.9. The Kier molecular flexibility index (Phi) is 2.27. The molecule has 0 aliphatic rings. The first-order valence-electron chi connectivity index (χ1n) is 2.89. The molecular weight excluding hydrogens is 144 g/mol. The van der Waals surface area contributed by atoms with Gasteiger partial charge in [-0.1, -0.05) is 5.22 Å². The van der Waals surface area contributed by atoms with E-state index in [0.29, 0.717) is 17.7 Å². The highest BCUT2D eigenvalue weighted by Gasteiger charge is 1.90. The first-order chi connectivity index (χ1) is 5.36. The molecule has 1 heterocycles. The van der Waals surface area contributed by atoms with Crippen LogP contribution in [0.1, 0.15) is 10.5 Å². The average Bonchev–Trinajstić information content (AvgIpc) is 2.07. The molecule has 1 rings (SSSR count). The zero-order valence-corrected chi connectivity index (χ0v) is 5.64. The summed E-state index contributed by atoms with van der Waals surface area (Å²) in [6, 6.07) is 3.14. The molecular formula is C6H6N4O. The van der Waals surface area contributed by atoms with E-state index in [4.69, 9.17) is 5.84 Å². The van der Waals surface area contributed by atoms with Gasteiger partial charge in [0.25, 0.3) is 0 Å². The summed E-state index contributed by atoms with van der Waals surface area (Å²) >= 11 is 0. The lowest BCUT2D eigenvalue weighted by Gasteiger charge is -1.89. The van der Waals surface area contributed by atoms with Crippen LogP contribution < -0.4 is 5.84 Å². The van der Waals surface area contributed by atoms with Crippen LogP contribution in [0.5, 0.6) is 0 Å². The number of rotatable bonds is 2. The van der Waals surface area contributed by atoms with Crippen LogP contribution in [-0.2, 0) is 0 Å². The second-order valence-corrected chi connectivity index (χ2v) is 1.77. The highest BCUT2D eigenvalue weighted by Crippen LogP contribution is 2.08. The standard InChI is InChI=1S/C6H6N4O/c7-10-9-5-1-2-6(4-11)8-3-5/h1-4H,(H2,7,9). The maximum absolute atomic E-state index is 10.1. The van der Waals surface area contributed by atoms with Gasteiger partial charge in [-0.3, -0.25) is 9.78 Å². The van der Waals surface area contributed by atoms with E-state index in [2.05, 4.69) is 15.3 Å². The van der Waals surface area contributed by atoms with Crippen LogP contribution in [0.25, 0.3) is 0 Å². The van der Waals surface area contributed by atoms with Crippen molar-refractivity contribution < 1.29 is 4.79 Å². The fourth-order valence-corrected chi connectivity index (χ4v) is 0.593. The molecule has 0 saturated heterocycles. The molecule has 0 radical (unpaired) electrons. The van der Waals surface area contributed by atoms with Gasteiger partial charge in [-0.15, -0.1) is 5.11 Å². The van der Waals surface area contributed by atoms with Crippen molar-refractivity contribution in [2.45, 2.75) is 0 Å². The Morgan fingerprint density at radius 1 is 1.55 bits per heavy atom. The first kappa shape index (κ1) is 7.33. The van der Waals surface area contributed by atoms with Crippen molar-refractivity contribution in [1.82, 2.24) is 4.98 Å². The number of carbonyl (C=O) groups is 1. The summed E-state index contributed by atoms with van der Waals surface area (Å²) in [6.07, 6.45) is 2.07. The third kappa shape index (κ3) is 1.82. The number of hydrogen-bond donors (Lipinski definition) is 1. The molecule has 0 bridgehead atoms. The molecule has 0 unspecified atom stereocenters. The third-order valence-corrected chi connectivity index (χ3v) is 1.06. The molecule has 0 fully saturated rings. The minimum atomic E-state index is 0.362. The number of carbonyl (C=O) groups excluding carboxylic acids is 1. The van der Waals surface area contributed by atoms with Crippen molar-refractivity contribution in [3.05, 3.63) is 24.0 Å². The highest BCUT2D eigenvalue weighted by atomic mass is 16.1. The number of aromatic nitrogens is 1. The Labute approximate surface area is 62.9 Å². The van der Waals surface area contributed by atoms with Crippen molar-refractivity contribution in [2.75, 3.05) is 0 Å². The highest BCUT2D eigenvalue weighted by molar-refractivity contribution is 5.71. The molecule has 0 saturated carbocycles. The normalized spacial score (nSPS) is 10.2. The second-order valence-electron chi connectivity index (χ2n) is 1.77. The number of nitrogens with two attached hydrogens (primary N) is 1. The summed E-state index contributed by atoms with van der Waals surface area (Å²) in [7, 11) is 0. The van der Waals surface area contributed by atoms with Gasteiger partial charge in [0.1, 0.15) is 11.4 Å². The van der Waals surface area contributed by atoms with Gasteiger partial charge in [-0.05, 0) is 12.1 Å². The molecule has 1 aromatic heterocycles. The summed E-state index contributed by atoms with van der Waals surface area (Å²) in [5.74, 6) is 4.79. The molecule has 0 aromatic carbocycles. The molecule has 0 aliphatic heterocycles. The Hall–Kier alpha value is -1.78. The van der Waals surface area contributed by atoms with E-state index in [1.54, 1.807) is 6.07 Å². The maximum atomic E-state index is 10.1. The van der Waals surface area contributed by atoms with Gasteiger partial charge in [-0.25, -0.2) is 0 Å². The molecule has 2 N–H and O–H groups in total. The van der Waals surface area contributed by atoms with E-state index in [-0.39, 0.29) is 0 Å². The molecule has 0 atom stereocenters. The van der Waals surface area contributed by atoms with Crippen molar-refractivity contribution in [2.24, 2.45) is 16.2 Å². The zero-order valence-electron chi connectivity index (χ0n) is 5.64. The largest absolute Gasteiger partial charge is 0.305 e. The first-order valence-corrected chi connectivity index (χ1v) is 2.89. The number of nitrogens with zero attached hydrogens (tertiary/aromatic N) is 3. The van der Waals surface area contributed by atoms with Crippen LogP contribution in [0.15, 0.2) is 28.7 Å². The van der Waals surface area contributed by atoms with Gasteiger partial charge in [0.05, 0.1) is 6.20 Å². The third-order valence-electron chi connectivity index (χ3n) is 1.06. The molecule has 11 heavy (non-hydrogen) atoms. The monoisotopic (exact) mass is 150 g/mol. The fourth-order valence-electron chi connectivity index (χ4n) is 0.593. The van der Waals surface area contributed by atoms with E-state index in [1.807, 2.05) is 0 Å². The van der Waals surface area contributed by atoms with Crippen molar-refractivity contribution in [1.29, 1.82) is 0 Å². The lowest BCUT2D eigenvalue weighted by Crippen LogP contribution is -1.83. The van der Waals surface area contributed by atoms with Crippen molar-refractivity contribution >= 4 is 12.0 Å². The zero-order chi connectivity index (χ0) is 8.10. The van der Waals surface area contributed by atoms with E-state index in [0.717, 1.165) is 0 Å².